The quantitative estimate of drug-likeness (QED) is 0.787. The van der Waals surface area contributed by atoms with Gasteiger partial charge < -0.3 is 16.0 Å². The number of nitrogens with one attached hydrogen (secondary N) is 1. The molecule has 0 saturated heterocycles. The molecule has 1 aromatic rings. The van der Waals surface area contributed by atoms with Crippen molar-refractivity contribution in [2.24, 2.45) is 11.7 Å². The van der Waals surface area contributed by atoms with E-state index in [1.807, 2.05) is 19.9 Å². The summed E-state index contributed by atoms with van der Waals surface area (Å²) in [4.78, 5) is 12.9. The van der Waals surface area contributed by atoms with Crippen LogP contribution in [-0.4, -0.2) is 26.0 Å². The number of benzene rings is 1. The van der Waals surface area contributed by atoms with Crippen LogP contribution >= 0.6 is 0 Å². The number of carbonyl (C=O) groups is 1. The molecule has 3 N–H and O–H groups in total. The summed E-state index contributed by atoms with van der Waals surface area (Å²) in [6.45, 7) is 5.19. The Morgan fingerprint density at radius 1 is 1.47 bits per heavy atom. The summed E-state index contributed by atoms with van der Waals surface area (Å²) < 4.78 is 14.1. The van der Waals surface area contributed by atoms with Crippen LogP contribution in [0.2, 0.25) is 0 Å². The van der Waals surface area contributed by atoms with E-state index >= 15 is 0 Å². The topological polar surface area (TPSA) is 58.4 Å². The summed E-state index contributed by atoms with van der Waals surface area (Å²) in [7, 11) is 1.80. The minimum Gasteiger partial charge on any atom is -0.368 e. The molecule has 106 valence electrons. The highest BCUT2D eigenvalue weighted by atomic mass is 19.1. The molecule has 1 amide bonds. The number of amides is 1. The zero-order valence-electron chi connectivity index (χ0n) is 11.7. The first kappa shape index (κ1) is 15.4. The van der Waals surface area contributed by atoms with E-state index in [0.29, 0.717) is 24.7 Å². The summed E-state index contributed by atoms with van der Waals surface area (Å²) in [5.41, 5.74) is 6.55. The molecule has 0 aliphatic carbocycles. The number of rotatable bonds is 7. The first-order valence-corrected chi connectivity index (χ1v) is 6.41. The highest BCUT2D eigenvalue weighted by molar-refractivity contribution is 5.80. The van der Waals surface area contributed by atoms with Crippen molar-refractivity contribution in [3.05, 3.63) is 29.6 Å². The fraction of sp³-hybridized carbons (Fsp3) is 0.500. The number of hydrogen-bond acceptors (Lipinski definition) is 3. The lowest BCUT2D eigenvalue weighted by Gasteiger charge is -2.28. The maximum Gasteiger partial charge on any atom is 0.236 e. The van der Waals surface area contributed by atoms with E-state index in [1.165, 1.54) is 6.07 Å². The van der Waals surface area contributed by atoms with Gasteiger partial charge in [0.25, 0.3) is 0 Å². The van der Waals surface area contributed by atoms with E-state index in [9.17, 15) is 9.18 Å². The molecule has 5 heteroatoms. The Morgan fingerprint density at radius 3 is 2.68 bits per heavy atom. The molecule has 0 saturated carbocycles. The van der Waals surface area contributed by atoms with Crippen molar-refractivity contribution in [2.45, 2.75) is 20.4 Å². The van der Waals surface area contributed by atoms with Crippen molar-refractivity contribution in [1.29, 1.82) is 0 Å². The van der Waals surface area contributed by atoms with E-state index in [0.717, 1.165) is 5.56 Å². The average Bonchev–Trinajstić information content (AvgIpc) is 2.27. The molecule has 0 aliphatic rings. The molecule has 0 spiro atoms. The molecule has 0 atom stereocenters. The van der Waals surface area contributed by atoms with E-state index in [1.54, 1.807) is 18.0 Å². The van der Waals surface area contributed by atoms with Gasteiger partial charge >= 0.3 is 0 Å². The van der Waals surface area contributed by atoms with Crippen molar-refractivity contribution < 1.29 is 9.18 Å². The van der Waals surface area contributed by atoms with E-state index in [4.69, 9.17) is 5.73 Å². The molecule has 1 rings (SSSR count). The van der Waals surface area contributed by atoms with Crippen LogP contribution in [0.4, 0.5) is 10.1 Å². The number of para-hydroxylation sites is 1. The second-order valence-corrected chi connectivity index (χ2v) is 5.02. The monoisotopic (exact) mass is 267 g/mol. The molecule has 19 heavy (non-hydrogen) atoms. The third kappa shape index (κ3) is 4.52. The van der Waals surface area contributed by atoms with Gasteiger partial charge in [0.1, 0.15) is 5.82 Å². The van der Waals surface area contributed by atoms with Crippen molar-refractivity contribution in [2.75, 3.05) is 25.0 Å². The third-order valence-electron chi connectivity index (χ3n) is 2.69. The van der Waals surface area contributed by atoms with Crippen LogP contribution < -0.4 is 16.0 Å². The van der Waals surface area contributed by atoms with Crippen LogP contribution in [0, 0.1) is 11.7 Å². The lowest BCUT2D eigenvalue weighted by molar-refractivity contribution is -0.116. The highest BCUT2D eigenvalue weighted by Gasteiger charge is 2.18. The minimum atomic E-state index is -0.459. The first-order valence-electron chi connectivity index (χ1n) is 6.41. The van der Waals surface area contributed by atoms with Gasteiger partial charge in [-0.25, -0.2) is 4.39 Å². The van der Waals surface area contributed by atoms with Gasteiger partial charge in [0.2, 0.25) is 5.91 Å². The van der Waals surface area contributed by atoms with Gasteiger partial charge in [0.05, 0.1) is 12.2 Å². The lowest BCUT2D eigenvalue weighted by atomic mass is 10.1. The number of primary amides is 1. The predicted molar refractivity (Wildman–Crippen MR) is 75.4 cm³/mol. The highest BCUT2D eigenvalue weighted by Crippen LogP contribution is 2.25. The Hall–Kier alpha value is -1.62. The molecule has 0 unspecified atom stereocenters. The van der Waals surface area contributed by atoms with Gasteiger partial charge in [-0.2, -0.15) is 0 Å². The zero-order chi connectivity index (χ0) is 14.4. The molecule has 0 fully saturated rings. The standard InChI is InChI=1S/C14H22FN3O/c1-10(2)8-18(9-13(16)19)14-11(7-17-3)5-4-6-12(14)15/h4-6,10,17H,7-9H2,1-3H3,(H2,16,19). The largest absolute Gasteiger partial charge is 0.368 e. The van der Waals surface area contributed by atoms with Gasteiger partial charge in [-0.1, -0.05) is 26.0 Å². The van der Waals surface area contributed by atoms with Crippen LogP contribution in [0.3, 0.4) is 0 Å². The summed E-state index contributed by atoms with van der Waals surface area (Å²) in [6.07, 6.45) is 0. The fourth-order valence-electron chi connectivity index (χ4n) is 2.11. The van der Waals surface area contributed by atoms with Crippen molar-refractivity contribution in [3.8, 4) is 0 Å². The molecule has 0 bridgehead atoms. The molecular formula is C14H22FN3O. The van der Waals surface area contributed by atoms with Gasteiger partial charge in [-0.3, -0.25) is 4.79 Å². The van der Waals surface area contributed by atoms with Crippen LogP contribution in [-0.2, 0) is 11.3 Å². The predicted octanol–water partition coefficient (Wildman–Crippen LogP) is 1.49. The Kier molecular flexibility index (Phi) is 5.76. The second kappa shape index (κ2) is 7.09. The summed E-state index contributed by atoms with van der Waals surface area (Å²) in [6, 6.07) is 4.93. The molecule has 0 aliphatic heterocycles. The number of carbonyl (C=O) groups excluding carboxylic acids is 1. The van der Waals surface area contributed by atoms with Crippen molar-refractivity contribution in [1.82, 2.24) is 5.32 Å². The SMILES string of the molecule is CNCc1cccc(F)c1N(CC(N)=O)CC(C)C. The molecular weight excluding hydrogens is 245 g/mol. The van der Waals surface area contributed by atoms with Crippen molar-refractivity contribution in [3.63, 3.8) is 0 Å². The van der Waals surface area contributed by atoms with Gasteiger partial charge in [-0.15, -0.1) is 0 Å². The Morgan fingerprint density at radius 2 is 2.16 bits per heavy atom. The number of hydrogen-bond donors (Lipinski definition) is 2. The molecule has 4 nitrogen and oxygen atoms in total. The Labute approximate surface area is 113 Å². The Bertz CT molecular complexity index is 435. The third-order valence-corrected chi connectivity index (χ3v) is 2.69. The molecule has 0 radical (unpaired) electrons. The maximum absolute atomic E-state index is 14.1. The molecule has 1 aromatic carbocycles. The van der Waals surface area contributed by atoms with E-state index in [2.05, 4.69) is 5.32 Å². The number of anilines is 1. The maximum atomic E-state index is 14.1. The number of halogens is 1. The summed E-state index contributed by atoms with van der Waals surface area (Å²) >= 11 is 0. The second-order valence-electron chi connectivity index (χ2n) is 5.02. The fourth-order valence-corrected chi connectivity index (χ4v) is 2.11. The van der Waals surface area contributed by atoms with Gasteiger partial charge in [0.15, 0.2) is 0 Å². The Balaban J connectivity index is 3.15. The summed E-state index contributed by atoms with van der Waals surface area (Å²) in [5, 5.41) is 3.00. The average molecular weight is 267 g/mol. The van der Waals surface area contributed by atoms with Gasteiger partial charge in [-0.05, 0) is 24.6 Å². The van der Waals surface area contributed by atoms with Crippen LogP contribution in [0.1, 0.15) is 19.4 Å². The zero-order valence-corrected chi connectivity index (χ0v) is 11.7. The molecule has 0 aromatic heterocycles. The van der Waals surface area contributed by atoms with E-state index in [-0.39, 0.29) is 12.4 Å². The lowest BCUT2D eigenvalue weighted by Crippen LogP contribution is -2.37. The molecule has 0 heterocycles. The van der Waals surface area contributed by atoms with Crippen LogP contribution in [0.15, 0.2) is 18.2 Å². The number of nitrogens with zero attached hydrogens (tertiary/aromatic N) is 1. The van der Waals surface area contributed by atoms with Crippen LogP contribution in [0.5, 0.6) is 0 Å². The minimum absolute atomic E-state index is 0.0236. The van der Waals surface area contributed by atoms with E-state index < -0.39 is 5.91 Å². The van der Waals surface area contributed by atoms with Crippen molar-refractivity contribution >= 4 is 11.6 Å². The van der Waals surface area contributed by atoms with Crippen LogP contribution in [0.25, 0.3) is 0 Å². The summed E-state index contributed by atoms with van der Waals surface area (Å²) in [5.74, 6) is -0.477. The first-order chi connectivity index (χ1) is 8.95. The number of nitrogens with two attached hydrogens (primary N) is 1. The smallest absolute Gasteiger partial charge is 0.236 e. The normalized spacial score (nSPS) is 10.8. The van der Waals surface area contributed by atoms with Gasteiger partial charge in [0, 0.05) is 13.1 Å².